The second kappa shape index (κ2) is 7.53. The number of hydrogen-bond donors (Lipinski definition) is 5. The average Bonchev–Trinajstić information content (AvgIpc) is 2.14. The first-order valence-electron chi connectivity index (χ1n) is 4.15. The van der Waals surface area contributed by atoms with E-state index in [0.717, 1.165) is 6.54 Å². The van der Waals surface area contributed by atoms with Gasteiger partial charge in [-0.2, -0.15) is 0 Å². The van der Waals surface area contributed by atoms with Gasteiger partial charge in [0.15, 0.2) is 0 Å². The van der Waals surface area contributed by atoms with Crippen LogP contribution in [-0.4, -0.2) is 21.7 Å². The lowest BCUT2D eigenvalue weighted by Gasteiger charge is -2.00. The minimum atomic E-state index is -4.64. The summed E-state index contributed by atoms with van der Waals surface area (Å²) < 4.78 is 8.88. The summed E-state index contributed by atoms with van der Waals surface area (Å²) in [6.45, 7) is 0.872. The molecule has 0 unspecified atom stereocenters. The highest BCUT2D eigenvalue weighted by Crippen LogP contribution is 2.25. The number of phosphoric acid groups is 1. The zero-order chi connectivity index (χ0) is 11.7. The summed E-state index contributed by atoms with van der Waals surface area (Å²) in [5.74, 6) is 0. The van der Waals surface area contributed by atoms with Crippen LogP contribution in [0.4, 0.5) is 0 Å². The fraction of sp³-hybridized carbons (Fsp3) is 0.250. The Morgan fingerprint density at radius 3 is 2.07 bits per heavy atom. The molecule has 1 rings (SSSR count). The summed E-state index contributed by atoms with van der Waals surface area (Å²) in [4.78, 5) is 21.6. The molecule has 5 N–H and O–H groups in total. The van der Waals surface area contributed by atoms with Gasteiger partial charge in [-0.3, -0.25) is 10.9 Å². The summed E-state index contributed by atoms with van der Waals surface area (Å²) in [6.07, 6.45) is 0. The van der Waals surface area contributed by atoms with Gasteiger partial charge in [-0.25, -0.2) is 4.57 Å². The van der Waals surface area contributed by atoms with Crippen molar-refractivity contribution in [2.24, 2.45) is 0 Å². The maximum Gasteiger partial charge on any atom is 0.466 e. The zero-order valence-corrected chi connectivity index (χ0v) is 9.19. The Labute approximate surface area is 88.2 Å². The molecule has 0 amide bonds. The van der Waals surface area contributed by atoms with Crippen molar-refractivity contribution < 1.29 is 19.2 Å². The van der Waals surface area contributed by atoms with Gasteiger partial charge in [-0.15, -0.1) is 0 Å². The summed E-state index contributed by atoms with van der Waals surface area (Å²) in [5.41, 5.74) is 7.17. The van der Waals surface area contributed by atoms with Gasteiger partial charge < -0.3 is 14.7 Å². The van der Waals surface area contributed by atoms with Crippen LogP contribution in [0.2, 0.25) is 0 Å². The molecule has 1 aromatic rings. The molecule has 0 saturated carbocycles. The van der Waals surface area contributed by atoms with Crippen molar-refractivity contribution in [1.29, 1.82) is 0 Å². The molecular formula is C8H15N2O4P. The largest absolute Gasteiger partial charge is 0.466 e. The summed E-state index contributed by atoms with van der Waals surface area (Å²) in [6, 6.07) is 10.3. The smallest absolute Gasteiger partial charge is 0.303 e. The van der Waals surface area contributed by atoms with Crippen molar-refractivity contribution in [1.82, 2.24) is 10.9 Å². The van der Waals surface area contributed by atoms with Crippen molar-refractivity contribution in [3.8, 4) is 0 Å². The molecule has 0 spiro atoms. The van der Waals surface area contributed by atoms with E-state index in [2.05, 4.69) is 23.0 Å². The fourth-order valence-corrected chi connectivity index (χ4v) is 0.786. The van der Waals surface area contributed by atoms with Crippen LogP contribution in [0, 0.1) is 0 Å². The van der Waals surface area contributed by atoms with Gasteiger partial charge in [0.25, 0.3) is 0 Å². The number of hydrazine groups is 1. The van der Waals surface area contributed by atoms with Gasteiger partial charge >= 0.3 is 7.82 Å². The highest BCUT2D eigenvalue weighted by Gasteiger charge is 2.00. The number of nitrogens with one attached hydrogen (secondary N) is 2. The van der Waals surface area contributed by atoms with Crippen LogP contribution in [0.25, 0.3) is 0 Å². The number of benzene rings is 1. The first-order chi connectivity index (χ1) is 6.93. The van der Waals surface area contributed by atoms with E-state index in [0.29, 0.717) is 0 Å². The maximum atomic E-state index is 8.88. The Hall–Kier alpha value is -0.750. The van der Waals surface area contributed by atoms with Gasteiger partial charge in [0, 0.05) is 6.54 Å². The third-order valence-electron chi connectivity index (χ3n) is 1.31. The normalized spacial score (nSPS) is 10.4. The van der Waals surface area contributed by atoms with Crippen molar-refractivity contribution in [3.05, 3.63) is 35.9 Å². The second-order valence-corrected chi connectivity index (χ2v) is 3.63. The van der Waals surface area contributed by atoms with Crippen molar-refractivity contribution in [2.75, 3.05) is 7.05 Å². The van der Waals surface area contributed by atoms with Crippen molar-refractivity contribution >= 4 is 7.82 Å². The Morgan fingerprint density at radius 1 is 1.20 bits per heavy atom. The second-order valence-electron chi connectivity index (χ2n) is 2.60. The minimum absolute atomic E-state index is 0.872. The molecule has 1 aromatic carbocycles. The first-order valence-corrected chi connectivity index (χ1v) is 5.72. The van der Waals surface area contributed by atoms with Gasteiger partial charge in [0.05, 0.1) is 0 Å². The number of rotatable bonds is 3. The summed E-state index contributed by atoms with van der Waals surface area (Å²) in [7, 11) is -2.77. The maximum absolute atomic E-state index is 8.88. The van der Waals surface area contributed by atoms with Crippen LogP contribution in [0.15, 0.2) is 30.3 Å². The van der Waals surface area contributed by atoms with Crippen LogP contribution in [-0.2, 0) is 11.1 Å². The van der Waals surface area contributed by atoms with Gasteiger partial charge in [0.1, 0.15) is 0 Å². The third-order valence-corrected chi connectivity index (χ3v) is 1.31. The predicted molar refractivity (Wildman–Crippen MR) is 56.6 cm³/mol. The van der Waals surface area contributed by atoms with Crippen LogP contribution >= 0.6 is 7.82 Å². The molecule has 7 heteroatoms. The van der Waals surface area contributed by atoms with Crippen LogP contribution in [0.3, 0.4) is 0 Å². The molecule has 0 aliphatic rings. The van der Waals surface area contributed by atoms with E-state index in [1.807, 2.05) is 25.2 Å². The van der Waals surface area contributed by atoms with Crippen LogP contribution in [0.1, 0.15) is 5.56 Å². The van der Waals surface area contributed by atoms with Gasteiger partial charge in [-0.1, -0.05) is 30.3 Å². The fourth-order valence-electron chi connectivity index (χ4n) is 0.786. The van der Waals surface area contributed by atoms with E-state index in [4.69, 9.17) is 19.2 Å². The van der Waals surface area contributed by atoms with Crippen molar-refractivity contribution in [3.63, 3.8) is 0 Å². The molecule has 0 aliphatic heterocycles. The van der Waals surface area contributed by atoms with Crippen LogP contribution in [0.5, 0.6) is 0 Å². The SMILES string of the molecule is CNNCc1ccccc1.O=P(O)(O)O. The Morgan fingerprint density at radius 2 is 1.67 bits per heavy atom. The monoisotopic (exact) mass is 234 g/mol. The predicted octanol–water partition coefficient (Wildman–Crippen LogP) is -0.0180. The first kappa shape index (κ1) is 14.2. The molecule has 0 aromatic heterocycles. The lowest BCUT2D eigenvalue weighted by atomic mass is 10.2. The quantitative estimate of drug-likeness (QED) is 0.372. The van der Waals surface area contributed by atoms with E-state index >= 15 is 0 Å². The van der Waals surface area contributed by atoms with E-state index in [1.165, 1.54) is 5.56 Å². The lowest BCUT2D eigenvalue weighted by Crippen LogP contribution is -2.26. The Kier molecular flexibility index (Phi) is 7.15. The molecule has 0 bridgehead atoms. The van der Waals surface area contributed by atoms with Gasteiger partial charge in [0.2, 0.25) is 0 Å². The molecular weight excluding hydrogens is 219 g/mol. The van der Waals surface area contributed by atoms with E-state index < -0.39 is 7.82 Å². The van der Waals surface area contributed by atoms with E-state index in [-0.39, 0.29) is 0 Å². The number of hydrogen-bond acceptors (Lipinski definition) is 3. The molecule has 0 saturated heterocycles. The standard InChI is InChI=1S/C8H12N2.H3O4P/c1-9-10-7-8-5-3-2-4-6-8;1-5(2,3)4/h2-6,9-10H,7H2,1H3;(H3,1,2,3,4). The van der Waals surface area contributed by atoms with E-state index in [9.17, 15) is 0 Å². The molecule has 0 fully saturated rings. The average molecular weight is 234 g/mol. The summed E-state index contributed by atoms with van der Waals surface area (Å²) >= 11 is 0. The summed E-state index contributed by atoms with van der Waals surface area (Å²) in [5, 5.41) is 0. The molecule has 6 nitrogen and oxygen atoms in total. The van der Waals surface area contributed by atoms with Crippen LogP contribution < -0.4 is 10.9 Å². The topological polar surface area (TPSA) is 102 Å². The highest BCUT2D eigenvalue weighted by atomic mass is 31.2. The zero-order valence-electron chi connectivity index (χ0n) is 8.29. The Balaban J connectivity index is 0.000000336. The van der Waals surface area contributed by atoms with Gasteiger partial charge in [-0.05, 0) is 12.6 Å². The van der Waals surface area contributed by atoms with Crippen molar-refractivity contribution in [2.45, 2.75) is 6.54 Å². The molecule has 0 heterocycles. The highest BCUT2D eigenvalue weighted by molar-refractivity contribution is 7.45. The molecule has 0 aliphatic carbocycles. The Bertz CT molecular complexity index is 293. The molecule has 15 heavy (non-hydrogen) atoms. The molecule has 0 atom stereocenters. The molecule has 86 valence electrons. The third kappa shape index (κ3) is 13.2. The van der Waals surface area contributed by atoms with E-state index in [1.54, 1.807) is 0 Å². The lowest BCUT2D eigenvalue weighted by molar-refractivity contribution is 0.275. The minimum Gasteiger partial charge on any atom is -0.303 e. The molecule has 0 radical (unpaired) electrons.